The molecule has 0 radical (unpaired) electrons. The molecule has 0 bridgehead atoms. The monoisotopic (exact) mass is 314 g/mol. The summed E-state index contributed by atoms with van der Waals surface area (Å²) in [7, 11) is -1.38. The number of ether oxygens (including phenoxy) is 1. The third kappa shape index (κ3) is 3.55. The first kappa shape index (κ1) is 15.8. The Morgan fingerprint density at radius 1 is 1.48 bits per heavy atom. The maximum Gasteiger partial charge on any atom is 0.204 e. The maximum atomic E-state index is 11.7. The van der Waals surface area contributed by atoms with Crippen molar-refractivity contribution in [3.05, 3.63) is 6.33 Å². The van der Waals surface area contributed by atoms with Gasteiger partial charge in [-0.05, 0) is 13.3 Å². The van der Waals surface area contributed by atoms with Gasteiger partial charge in [-0.2, -0.15) is 0 Å². The Balaban J connectivity index is 2.31. The molecule has 1 aliphatic heterocycles. The van der Waals surface area contributed by atoms with Gasteiger partial charge in [-0.25, -0.2) is 18.4 Å². The Morgan fingerprint density at radius 2 is 2.24 bits per heavy atom. The first-order chi connectivity index (χ1) is 9.98. The molecule has 0 aliphatic carbocycles. The van der Waals surface area contributed by atoms with E-state index in [0.29, 0.717) is 23.9 Å². The number of rotatable bonds is 5. The molecule has 1 atom stereocenters. The molecule has 1 unspecified atom stereocenters. The minimum absolute atomic E-state index is 0.133. The molecule has 21 heavy (non-hydrogen) atoms. The molecule has 1 aliphatic rings. The average molecular weight is 314 g/mol. The lowest BCUT2D eigenvalue weighted by molar-refractivity contribution is 0.410. The molecule has 2 rings (SSSR count). The van der Waals surface area contributed by atoms with E-state index in [0.717, 1.165) is 13.0 Å². The van der Waals surface area contributed by atoms with E-state index in [1.54, 1.807) is 7.11 Å². The van der Waals surface area contributed by atoms with E-state index in [4.69, 9.17) is 4.74 Å². The van der Waals surface area contributed by atoms with Crippen molar-refractivity contribution in [1.29, 1.82) is 0 Å². The first-order valence-corrected chi connectivity index (χ1v) is 8.90. The molecule has 118 valence electrons. The number of hydrogen-bond donors (Lipinski definition) is 1. The van der Waals surface area contributed by atoms with E-state index in [-0.39, 0.29) is 17.5 Å². The highest BCUT2D eigenvalue weighted by atomic mass is 32.2. The second-order valence-electron chi connectivity index (χ2n) is 5.16. The number of aromatic nitrogens is 2. The predicted molar refractivity (Wildman–Crippen MR) is 82.8 cm³/mol. The fourth-order valence-corrected chi connectivity index (χ4v) is 4.00. The summed E-state index contributed by atoms with van der Waals surface area (Å²) in [6.07, 6.45) is 2.45. The predicted octanol–water partition coefficient (Wildman–Crippen LogP) is 0.930. The van der Waals surface area contributed by atoms with Crippen LogP contribution in [0.15, 0.2) is 6.33 Å². The molecule has 7 nitrogen and oxygen atoms in total. The van der Waals surface area contributed by atoms with Crippen molar-refractivity contribution in [2.45, 2.75) is 26.3 Å². The highest BCUT2D eigenvalue weighted by molar-refractivity contribution is 7.91. The highest BCUT2D eigenvalue weighted by Crippen LogP contribution is 2.34. The summed E-state index contributed by atoms with van der Waals surface area (Å²) in [5, 5.41) is 3.20. The van der Waals surface area contributed by atoms with Crippen LogP contribution in [0.5, 0.6) is 5.75 Å². The molecule has 1 aromatic rings. The molecule has 8 heteroatoms. The molecular formula is C13H22N4O3S. The second-order valence-corrected chi connectivity index (χ2v) is 7.39. The summed E-state index contributed by atoms with van der Waals surface area (Å²) in [5.41, 5.74) is 0. The van der Waals surface area contributed by atoms with Crippen LogP contribution in [0, 0.1) is 0 Å². The molecular weight excluding hydrogens is 292 g/mol. The molecule has 1 aromatic heterocycles. The number of sulfone groups is 1. The minimum atomic E-state index is -2.96. The summed E-state index contributed by atoms with van der Waals surface area (Å²) in [4.78, 5) is 10.5. The van der Waals surface area contributed by atoms with Gasteiger partial charge in [-0.3, -0.25) is 0 Å². The Kier molecular flexibility index (Phi) is 4.87. The summed E-state index contributed by atoms with van der Waals surface area (Å²) in [6, 6.07) is -0.133. The maximum absolute atomic E-state index is 11.7. The largest absolute Gasteiger partial charge is 0.490 e. The number of hydrogen-bond acceptors (Lipinski definition) is 7. The minimum Gasteiger partial charge on any atom is -0.490 e. The van der Waals surface area contributed by atoms with Gasteiger partial charge >= 0.3 is 0 Å². The third-order valence-corrected chi connectivity index (χ3v) is 5.27. The van der Waals surface area contributed by atoms with E-state index >= 15 is 0 Å². The lowest BCUT2D eigenvalue weighted by Crippen LogP contribution is -2.47. The Morgan fingerprint density at radius 3 is 2.86 bits per heavy atom. The van der Waals surface area contributed by atoms with Crippen molar-refractivity contribution in [2.75, 3.05) is 41.9 Å². The fourth-order valence-electron chi connectivity index (χ4n) is 2.44. The summed E-state index contributed by atoms with van der Waals surface area (Å²) < 4.78 is 28.8. The van der Waals surface area contributed by atoms with Gasteiger partial charge in [0.05, 0.1) is 18.6 Å². The van der Waals surface area contributed by atoms with E-state index < -0.39 is 9.84 Å². The van der Waals surface area contributed by atoms with E-state index in [2.05, 4.69) is 22.2 Å². The Bertz CT molecular complexity index is 591. The average Bonchev–Trinajstić information content (AvgIpc) is 2.43. The number of methoxy groups -OCH3 is 1. The van der Waals surface area contributed by atoms with Crippen LogP contribution in [-0.4, -0.2) is 56.1 Å². The van der Waals surface area contributed by atoms with Crippen LogP contribution in [0.1, 0.15) is 20.3 Å². The zero-order valence-electron chi connectivity index (χ0n) is 12.7. The number of nitrogens with one attached hydrogen (secondary N) is 1. The summed E-state index contributed by atoms with van der Waals surface area (Å²) in [6.45, 7) is 5.16. The van der Waals surface area contributed by atoms with E-state index in [9.17, 15) is 8.42 Å². The van der Waals surface area contributed by atoms with Gasteiger partial charge in [0.15, 0.2) is 21.5 Å². The topological polar surface area (TPSA) is 84.4 Å². The molecule has 0 spiro atoms. The van der Waals surface area contributed by atoms with Crippen LogP contribution in [0.4, 0.5) is 11.6 Å². The van der Waals surface area contributed by atoms with Gasteiger partial charge in [0.1, 0.15) is 6.33 Å². The standard InChI is InChI=1S/C13H22N4O3S/c1-4-5-14-12-11(20-3)13(16-9-15-12)17-6-7-21(18,19)8-10(17)2/h9-10H,4-8H2,1-3H3,(H,14,15,16). The Hall–Kier alpha value is -1.57. The second kappa shape index (κ2) is 6.46. The smallest absolute Gasteiger partial charge is 0.204 e. The van der Waals surface area contributed by atoms with Crippen LogP contribution < -0.4 is 15.0 Å². The molecule has 0 aromatic carbocycles. The van der Waals surface area contributed by atoms with Crippen LogP contribution in [-0.2, 0) is 9.84 Å². The van der Waals surface area contributed by atoms with Crippen molar-refractivity contribution < 1.29 is 13.2 Å². The number of nitrogens with zero attached hydrogens (tertiary/aromatic N) is 3. The van der Waals surface area contributed by atoms with Gasteiger partial charge in [-0.15, -0.1) is 0 Å². The van der Waals surface area contributed by atoms with Crippen molar-refractivity contribution in [2.24, 2.45) is 0 Å². The van der Waals surface area contributed by atoms with Gasteiger partial charge < -0.3 is 15.0 Å². The molecule has 0 saturated carbocycles. The third-order valence-electron chi connectivity index (χ3n) is 3.47. The van der Waals surface area contributed by atoms with Gasteiger partial charge in [0, 0.05) is 19.1 Å². The van der Waals surface area contributed by atoms with Crippen molar-refractivity contribution in [3.63, 3.8) is 0 Å². The molecule has 0 amide bonds. The zero-order chi connectivity index (χ0) is 15.5. The van der Waals surface area contributed by atoms with Crippen molar-refractivity contribution in [1.82, 2.24) is 9.97 Å². The molecule has 1 fully saturated rings. The zero-order valence-corrected chi connectivity index (χ0v) is 13.5. The van der Waals surface area contributed by atoms with Gasteiger partial charge in [0.2, 0.25) is 5.75 Å². The first-order valence-electron chi connectivity index (χ1n) is 7.08. The SMILES string of the molecule is CCCNc1ncnc(N2CCS(=O)(=O)CC2C)c1OC. The summed E-state index contributed by atoms with van der Waals surface area (Å²) in [5.74, 6) is 2.13. The van der Waals surface area contributed by atoms with Crippen LogP contribution >= 0.6 is 0 Å². The molecule has 2 heterocycles. The van der Waals surface area contributed by atoms with Gasteiger partial charge in [0.25, 0.3) is 0 Å². The van der Waals surface area contributed by atoms with Crippen molar-refractivity contribution in [3.8, 4) is 5.75 Å². The van der Waals surface area contributed by atoms with E-state index in [1.165, 1.54) is 6.33 Å². The van der Waals surface area contributed by atoms with Gasteiger partial charge in [-0.1, -0.05) is 6.92 Å². The van der Waals surface area contributed by atoms with Crippen LogP contribution in [0.2, 0.25) is 0 Å². The highest BCUT2D eigenvalue weighted by Gasteiger charge is 2.31. The quantitative estimate of drug-likeness (QED) is 0.865. The Labute approximate surface area is 125 Å². The lowest BCUT2D eigenvalue weighted by Gasteiger charge is -2.34. The summed E-state index contributed by atoms with van der Waals surface area (Å²) >= 11 is 0. The van der Waals surface area contributed by atoms with Crippen LogP contribution in [0.3, 0.4) is 0 Å². The molecule has 1 N–H and O–H groups in total. The number of anilines is 2. The lowest BCUT2D eigenvalue weighted by atomic mass is 10.3. The normalized spacial score (nSPS) is 21.1. The van der Waals surface area contributed by atoms with Crippen molar-refractivity contribution >= 4 is 21.5 Å². The molecule has 1 saturated heterocycles. The van der Waals surface area contributed by atoms with Crippen LogP contribution in [0.25, 0.3) is 0 Å². The fraction of sp³-hybridized carbons (Fsp3) is 0.692. The van der Waals surface area contributed by atoms with E-state index in [1.807, 2.05) is 11.8 Å².